The molecule has 0 unspecified atom stereocenters. The summed E-state index contributed by atoms with van der Waals surface area (Å²) in [6, 6.07) is 14.9. The molecule has 9 nitrogen and oxygen atoms in total. The van der Waals surface area contributed by atoms with Crippen molar-refractivity contribution in [3.8, 4) is 11.3 Å². The summed E-state index contributed by atoms with van der Waals surface area (Å²) in [5.41, 5.74) is 9.52. The Kier molecular flexibility index (Phi) is 6.58. The first kappa shape index (κ1) is 22.8. The van der Waals surface area contributed by atoms with Crippen LogP contribution in [0.25, 0.3) is 11.3 Å². The summed E-state index contributed by atoms with van der Waals surface area (Å²) in [4.78, 5) is 38.6. The van der Waals surface area contributed by atoms with Gasteiger partial charge in [-0.15, -0.1) is 0 Å². The van der Waals surface area contributed by atoms with Gasteiger partial charge < -0.3 is 25.6 Å². The average molecular weight is 479 g/mol. The van der Waals surface area contributed by atoms with Gasteiger partial charge in [0.25, 0.3) is 11.8 Å². The van der Waals surface area contributed by atoms with Crippen LogP contribution in [0.3, 0.4) is 0 Å². The average Bonchev–Trinajstić information content (AvgIpc) is 3.45. The molecule has 2 aliphatic heterocycles. The lowest BCUT2D eigenvalue weighted by Crippen LogP contribution is -2.40. The number of aromatic nitrogens is 2. The first-order valence-corrected chi connectivity index (χ1v) is 11.8. The lowest BCUT2D eigenvalue weighted by molar-refractivity contribution is 0.0303. The number of ether oxygens (including phenoxy) is 1. The van der Waals surface area contributed by atoms with Crippen molar-refractivity contribution in [3.63, 3.8) is 0 Å². The summed E-state index contributed by atoms with van der Waals surface area (Å²) in [5.74, 6) is -0.458. The number of nitrogens with zero attached hydrogens (tertiary/aromatic N) is 4. The maximum Gasteiger partial charge on any atom is 0.278 e. The fourth-order valence-electron chi connectivity index (χ4n) is 4.39. The molecule has 2 saturated heterocycles. The lowest BCUT2D eigenvalue weighted by atomic mass is 10.1. The Morgan fingerprint density at radius 1 is 1.00 bits per heavy atom. The first-order chi connectivity index (χ1) is 17.1. The van der Waals surface area contributed by atoms with E-state index in [9.17, 15) is 9.59 Å². The molecule has 5 rings (SSSR count). The summed E-state index contributed by atoms with van der Waals surface area (Å²) in [6.45, 7) is 4.32. The largest absolute Gasteiger partial charge is 0.382 e. The number of nitrogen functional groups attached to an aromatic ring is 1. The molecule has 2 fully saturated rings. The van der Waals surface area contributed by atoms with E-state index in [-0.39, 0.29) is 21.7 Å². The zero-order valence-corrected chi connectivity index (χ0v) is 19.4. The Hall–Kier alpha value is -3.98. The van der Waals surface area contributed by atoms with Crippen molar-refractivity contribution in [2.75, 3.05) is 55.3 Å². The molecule has 2 amide bonds. The van der Waals surface area contributed by atoms with Crippen LogP contribution in [0, 0.1) is 0 Å². The van der Waals surface area contributed by atoms with E-state index in [1.807, 2.05) is 30.3 Å². The summed E-state index contributed by atoms with van der Waals surface area (Å²) in [6.07, 6.45) is 3.92. The highest BCUT2D eigenvalue weighted by molar-refractivity contribution is 6.06. The van der Waals surface area contributed by atoms with Gasteiger partial charge in [0.2, 0.25) is 0 Å². The molecule has 2 aliphatic rings. The molecule has 0 saturated carbocycles. The molecule has 1 aromatic heterocycles. The Morgan fingerprint density at radius 3 is 2.49 bits per heavy atom. The number of carbonyl (C=O) groups excluding carboxylic acids is 2. The van der Waals surface area contributed by atoms with Crippen LogP contribution in [0.1, 0.15) is 38.0 Å². The van der Waals surface area contributed by atoms with Gasteiger partial charge in [-0.25, -0.2) is 9.97 Å². The first-order valence-electron chi connectivity index (χ1n) is 11.8. The second-order valence-electron chi connectivity index (χ2n) is 8.67. The van der Waals surface area contributed by atoms with Gasteiger partial charge in [-0.2, -0.15) is 0 Å². The number of rotatable bonds is 5. The van der Waals surface area contributed by atoms with E-state index in [2.05, 4.69) is 20.2 Å². The number of hydrogen-bond acceptors (Lipinski definition) is 7. The molecular weight excluding hydrogens is 444 g/mol. The zero-order valence-electron chi connectivity index (χ0n) is 19.4. The van der Waals surface area contributed by atoms with E-state index in [0.717, 1.165) is 18.8 Å². The van der Waals surface area contributed by atoms with Crippen LogP contribution in [0.5, 0.6) is 0 Å². The van der Waals surface area contributed by atoms with Crippen LogP contribution in [0.4, 0.5) is 17.2 Å². The third-order valence-electron chi connectivity index (χ3n) is 6.32. The Bertz CT molecular complexity index is 1230. The Labute approximate surface area is 208 Å². The predicted octanol–water partition coefficient (Wildman–Crippen LogP) is 3.79. The molecule has 9 heteroatoms. The van der Waals surface area contributed by atoms with Gasteiger partial charge in [0.1, 0.15) is 0 Å². The molecule has 3 N–H and O–H groups in total. The molecule has 2 aromatic carbocycles. The highest BCUT2D eigenvalue weighted by Crippen LogP contribution is 2.24. The van der Waals surface area contributed by atoms with E-state index in [4.69, 9.17) is 10.5 Å². The fraction of sp³-hybridized carbons (Fsp3) is 0.308. The lowest BCUT2D eigenvalue weighted by Gasteiger charge is -2.27. The Morgan fingerprint density at radius 2 is 1.74 bits per heavy atom. The summed E-state index contributed by atoms with van der Waals surface area (Å²) >= 11 is 0. The highest BCUT2D eigenvalue weighted by Gasteiger charge is 2.20. The van der Waals surface area contributed by atoms with E-state index in [1.165, 1.54) is 19.0 Å². The van der Waals surface area contributed by atoms with Crippen molar-refractivity contribution >= 4 is 29.0 Å². The summed E-state index contributed by atoms with van der Waals surface area (Å²) in [7, 11) is 0. The molecular formula is C26H34N6O3. The van der Waals surface area contributed by atoms with E-state index >= 15 is 0 Å². The minimum absolute atomic E-state index is 0. The van der Waals surface area contributed by atoms with Gasteiger partial charge in [0, 0.05) is 53.0 Å². The van der Waals surface area contributed by atoms with Gasteiger partial charge in [-0.05, 0) is 49.2 Å². The topological polar surface area (TPSA) is 114 Å². The van der Waals surface area contributed by atoms with Crippen molar-refractivity contribution in [1.29, 1.82) is 0 Å². The second-order valence-corrected chi connectivity index (χ2v) is 8.67. The minimum atomic E-state index is -0.439. The highest BCUT2D eigenvalue weighted by atomic mass is 16.5. The summed E-state index contributed by atoms with van der Waals surface area (Å²) in [5, 5.41) is 2.86. The quantitative estimate of drug-likeness (QED) is 0.573. The number of anilines is 3. The van der Waals surface area contributed by atoms with Crippen molar-refractivity contribution < 1.29 is 18.6 Å². The van der Waals surface area contributed by atoms with Crippen molar-refractivity contribution in [2.45, 2.75) is 12.8 Å². The van der Waals surface area contributed by atoms with Crippen LogP contribution in [-0.2, 0) is 4.74 Å². The van der Waals surface area contributed by atoms with Crippen molar-refractivity contribution in [2.24, 2.45) is 0 Å². The third kappa shape index (κ3) is 5.09. The minimum Gasteiger partial charge on any atom is -0.382 e. The molecule has 0 atom stereocenters. The van der Waals surface area contributed by atoms with Crippen molar-refractivity contribution in [3.05, 3.63) is 66.0 Å². The van der Waals surface area contributed by atoms with Crippen molar-refractivity contribution in [1.82, 2.24) is 14.9 Å². The predicted molar refractivity (Wildman–Crippen MR) is 141 cm³/mol. The summed E-state index contributed by atoms with van der Waals surface area (Å²) < 4.78 is 5.33. The molecule has 0 spiro atoms. The maximum absolute atomic E-state index is 13.0. The number of nitrogens with two attached hydrogens (primary N) is 1. The number of nitrogens with one attached hydrogen (secondary N) is 1. The third-order valence-corrected chi connectivity index (χ3v) is 6.32. The molecule has 0 radical (unpaired) electrons. The Balaban J connectivity index is 0.00000169. The van der Waals surface area contributed by atoms with Gasteiger partial charge >= 0.3 is 0 Å². The molecule has 186 valence electrons. The van der Waals surface area contributed by atoms with Gasteiger partial charge in [0.15, 0.2) is 11.5 Å². The molecule has 0 bridgehead atoms. The number of morpholine rings is 1. The van der Waals surface area contributed by atoms with Gasteiger partial charge in [-0.3, -0.25) is 9.59 Å². The van der Waals surface area contributed by atoms with Crippen LogP contribution in [-0.4, -0.2) is 66.1 Å². The SMILES string of the molecule is Nc1ncc(-c2cccc(C(=O)N3CCOCC3)c2)nc1C(=O)Nc1ccc(N2CCCC2)cc1.[HH].[HH].[HH]. The number of carbonyl (C=O) groups is 2. The van der Waals surface area contributed by atoms with Crippen LogP contribution in [0.2, 0.25) is 0 Å². The van der Waals surface area contributed by atoms with Crippen LogP contribution < -0.4 is 16.0 Å². The number of amides is 2. The second kappa shape index (κ2) is 10.1. The standard InChI is InChI=1S/C26H28N6O3.3H2/c27-24-23(25(33)29-20-6-8-21(9-7-20)31-10-1-2-11-31)30-22(17-28-24)18-4-3-5-19(16-18)26(34)32-12-14-35-15-13-32;;;/h3-9,16-17H,1-2,10-15H2,(H2,27,28)(H,29,33);3*1H. The molecule has 35 heavy (non-hydrogen) atoms. The van der Waals surface area contributed by atoms with E-state index in [0.29, 0.717) is 48.8 Å². The smallest absolute Gasteiger partial charge is 0.278 e. The fourth-order valence-corrected chi connectivity index (χ4v) is 4.39. The van der Waals surface area contributed by atoms with E-state index in [1.54, 1.807) is 23.1 Å². The maximum atomic E-state index is 13.0. The zero-order chi connectivity index (χ0) is 24.2. The molecule has 3 heterocycles. The number of hydrogen-bond donors (Lipinski definition) is 2. The van der Waals surface area contributed by atoms with E-state index < -0.39 is 5.91 Å². The van der Waals surface area contributed by atoms with Crippen LogP contribution >= 0.6 is 0 Å². The molecule has 0 aliphatic carbocycles. The molecule has 3 aromatic rings. The van der Waals surface area contributed by atoms with Crippen LogP contribution in [0.15, 0.2) is 54.7 Å². The van der Waals surface area contributed by atoms with Gasteiger partial charge in [-0.1, -0.05) is 12.1 Å². The van der Waals surface area contributed by atoms with Gasteiger partial charge in [0.05, 0.1) is 25.1 Å². The monoisotopic (exact) mass is 478 g/mol. The normalized spacial score (nSPS) is 15.8. The number of benzene rings is 2.